The van der Waals surface area contributed by atoms with Gasteiger partial charge >= 0.3 is 12.0 Å². The number of carbonyl (C=O) groups excluding carboxylic acids is 2. The topological polar surface area (TPSA) is 67.4 Å². The Morgan fingerprint density at radius 3 is 2.45 bits per heavy atom. The predicted octanol–water partition coefficient (Wildman–Crippen LogP) is 2.55. The Labute approximate surface area is 126 Å². The summed E-state index contributed by atoms with van der Waals surface area (Å²) < 4.78 is 4.70. The van der Waals surface area contributed by atoms with Crippen LogP contribution in [-0.2, 0) is 9.53 Å². The van der Waals surface area contributed by atoms with Gasteiger partial charge in [0, 0.05) is 6.04 Å². The van der Waals surface area contributed by atoms with E-state index in [1.165, 1.54) is 13.5 Å². The minimum atomic E-state index is -0.574. The maximum atomic E-state index is 11.8. The fraction of sp³-hybridized carbons (Fsp3) is 0.857. The molecule has 0 rings (SSSR count). The Kier molecular flexibility index (Phi) is 11.3. The zero-order valence-electron chi connectivity index (χ0n) is 13.0. The van der Waals surface area contributed by atoms with E-state index in [-0.39, 0.29) is 12.1 Å². The fourth-order valence-corrected chi connectivity index (χ4v) is 2.29. The summed E-state index contributed by atoms with van der Waals surface area (Å²) in [6.45, 7) is 4.13. The highest BCUT2D eigenvalue weighted by molar-refractivity contribution is 7.98. The number of hydrogen-bond acceptors (Lipinski definition) is 4. The van der Waals surface area contributed by atoms with Gasteiger partial charge in [-0.1, -0.05) is 26.2 Å². The van der Waals surface area contributed by atoms with Crippen molar-refractivity contribution in [3.05, 3.63) is 0 Å². The van der Waals surface area contributed by atoms with Crippen LogP contribution in [0.4, 0.5) is 4.79 Å². The summed E-state index contributed by atoms with van der Waals surface area (Å²) in [7, 11) is 1.33. The molecule has 2 unspecified atom stereocenters. The number of urea groups is 1. The van der Waals surface area contributed by atoms with E-state index in [4.69, 9.17) is 4.74 Å². The summed E-state index contributed by atoms with van der Waals surface area (Å²) in [4.78, 5) is 23.4. The first-order valence-electron chi connectivity index (χ1n) is 7.18. The Bertz CT molecular complexity index is 288. The molecule has 5 nitrogen and oxygen atoms in total. The van der Waals surface area contributed by atoms with E-state index in [0.29, 0.717) is 6.42 Å². The molecule has 0 fully saturated rings. The number of thioether (sulfide) groups is 1. The highest BCUT2D eigenvalue weighted by Crippen LogP contribution is 2.04. The molecule has 0 saturated heterocycles. The lowest BCUT2D eigenvalue weighted by molar-refractivity contribution is -0.142. The number of ether oxygens (including phenoxy) is 1. The van der Waals surface area contributed by atoms with Gasteiger partial charge in [-0.3, -0.25) is 0 Å². The first kappa shape index (κ1) is 19.1. The zero-order chi connectivity index (χ0) is 15.4. The van der Waals surface area contributed by atoms with Crippen molar-refractivity contribution in [3.8, 4) is 0 Å². The van der Waals surface area contributed by atoms with E-state index in [2.05, 4.69) is 17.6 Å². The number of carbonyl (C=O) groups is 2. The molecular weight excluding hydrogens is 276 g/mol. The van der Waals surface area contributed by atoms with Gasteiger partial charge in [0.2, 0.25) is 0 Å². The molecule has 0 aromatic carbocycles. The van der Waals surface area contributed by atoms with E-state index >= 15 is 0 Å². The van der Waals surface area contributed by atoms with Crippen molar-refractivity contribution in [1.29, 1.82) is 0 Å². The number of amides is 2. The van der Waals surface area contributed by atoms with Crippen LogP contribution < -0.4 is 10.6 Å². The fourth-order valence-electron chi connectivity index (χ4n) is 1.82. The number of methoxy groups -OCH3 is 1. The first-order valence-corrected chi connectivity index (χ1v) is 8.58. The van der Waals surface area contributed by atoms with E-state index in [9.17, 15) is 9.59 Å². The largest absolute Gasteiger partial charge is 0.467 e. The molecular formula is C14H28N2O3S. The standard InChI is InChI=1S/C14H28N2O3S/c1-5-6-7-8-11(2)15-14(18)16-12(9-10-20-4)13(17)19-3/h11-12H,5-10H2,1-4H3,(H2,15,16,18). The maximum Gasteiger partial charge on any atom is 0.328 e. The summed E-state index contributed by atoms with van der Waals surface area (Å²) in [5.74, 6) is 0.402. The average Bonchev–Trinajstić information content (AvgIpc) is 2.42. The lowest BCUT2D eigenvalue weighted by Gasteiger charge is -2.19. The smallest absolute Gasteiger partial charge is 0.328 e. The molecule has 2 amide bonds. The van der Waals surface area contributed by atoms with Gasteiger partial charge in [-0.2, -0.15) is 11.8 Å². The van der Waals surface area contributed by atoms with Gasteiger partial charge in [-0.05, 0) is 31.8 Å². The SMILES string of the molecule is CCCCCC(C)NC(=O)NC(CCSC)C(=O)OC. The Morgan fingerprint density at radius 1 is 1.20 bits per heavy atom. The second-order valence-electron chi connectivity index (χ2n) is 4.87. The summed E-state index contributed by atoms with van der Waals surface area (Å²) in [6.07, 6.45) is 6.93. The molecule has 2 atom stereocenters. The molecule has 6 heteroatoms. The number of nitrogens with one attached hydrogen (secondary N) is 2. The molecule has 0 aliphatic carbocycles. The van der Waals surface area contributed by atoms with Gasteiger partial charge in [-0.25, -0.2) is 9.59 Å². The molecule has 0 heterocycles. The van der Waals surface area contributed by atoms with Crippen molar-refractivity contribution in [3.63, 3.8) is 0 Å². The van der Waals surface area contributed by atoms with Crippen molar-refractivity contribution in [2.45, 2.75) is 58.0 Å². The Morgan fingerprint density at radius 2 is 1.90 bits per heavy atom. The van der Waals surface area contributed by atoms with Crippen LogP contribution in [0.1, 0.15) is 46.0 Å². The third-order valence-corrected chi connectivity index (χ3v) is 3.66. The predicted molar refractivity (Wildman–Crippen MR) is 84.1 cm³/mol. The molecule has 0 bridgehead atoms. The van der Waals surface area contributed by atoms with Crippen LogP contribution in [0.3, 0.4) is 0 Å². The second-order valence-corrected chi connectivity index (χ2v) is 5.86. The van der Waals surface area contributed by atoms with Crippen molar-refractivity contribution in [2.24, 2.45) is 0 Å². The van der Waals surface area contributed by atoms with Gasteiger partial charge in [-0.15, -0.1) is 0 Å². The number of unbranched alkanes of at least 4 members (excludes halogenated alkanes) is 2. The van der Waals surface area contributed by atoms with Crippen LogP contribution in [0.2, 0.25) is 0 Å². The number of rotatable bonds is 10. The third-order valence-electron chi connectivity index (χ3n) is 3.02. The quantitative estimate of drug-likeness (QED) is 0.481. The lowest BCUT2D eigenvalue weighted by Crippen LogP contribution is -2.49. The summed E-state index contributed by atoms with van der Waals surface area (Å²) in [5.41, 5.74) is 0. The van der Waals surface area contributed by atoms with Crippen LogP contribution in [-0.4, -0.2) is 43.2 Å². The van der Waals surface area contributed by atoms with E-state index < -0.39 is 12.0 Å². The Balaban J connectivity index is 4.13. The van der Waals surface area contributed by atoms with Gasteiger partial charge < -0.3 is 15.4 Å². The highest BCUT2D eigenvalue weighted by atomic mass is 32.2. The van der Waals surface area contributed by atoms with Crippen molar-refractivity contribution in [1.82, 2.24) is 10.6 Å². The second kappa shape index (κ2) is 11.9. The minimum Gasteiger partial charge on any atom is -0.467 e. The summed E-state index contributed by atoms with van der Waals surface area (Å²) in [5, 5.41) is 5.55. The molecule has 2 N–H and O–H groups in total. The van der Waals surface area contributed by atoms with Crippen molar-refractivity contribution >= 4 is 23.8 Å². The van der Waals surface area contributed by atoms with Crippen LogP contribution >= 0.6 is 11.8 Å². The number of hydrogen-bond donors (Lipinski definition) is 2. The molecule has 0 spiro atoms. The first-order chi connectivity index (χ1) is 9.54. The van der Waals surface area contributed by atoms with Crippen LogP contribution in [0.5, 0.6) is 0 Å². The van der Waals surface area contributed by atoms with E-state index in [1.807, 2.05) is 13.2 Å². The molecule has 0 aromatic rings. The average molecular weight is 304 g/mol. The lowest BCUT2D eigenvalue weighted by atomic mass is 10.1. The Hall–Kier alpha value is -0.910. The van der Waals surface area contributed by atoms with Crippen LogP contribution in [0.15, 0.2) is 0 Å². The van der Waals surface area contributed by atoms with Gasteiger partial charge in [0.15, 0.2) is 0 Å². The van der Waals surface area contributed by atoms with Gasteiger partial charge in [0.25, 0.3) is 0 Å². The van der Waals surface area contributed by atoms with Crippen molar-refractivity contribution < 1.29 is 14.3 Å². The van der Waals surface area contributed by atoms with Crippen molar-refractivity contribution in [2.75, 3.05) is 19.1 Å². The molecule has 118 valence electrons. The third kappa shape index (κ3) is 9.07. The van der Waals surface area contributed by atoms with E-state index in [1.54, 1.807) is 11.8 Å². The molecule has 20 heavy (non-hydrogen) atoms. The molecule has 0 radical (unpaired) electrons. The summed E-state index contributed by atoms with van der Waals surface area (Å²) in [6, 6.07) is -0.763. The normalized spacial score (nSPS) is 13.4. The maximum absolute atomic E-state index is 11.8. The zero-order valence-corrected chi connectivity index (χ0v) is 13.8. The molecule has 0 aliphatic rings. The van der Waals surface area contributed by atoms with E-state index in [0.717, 1.165) is 25.0 Å². The highest BCUT2D eigenvalue weighted by Gasteiger charge is 2.21. The monoisotopic (exact) mass is 304 g/mol. The minimum absolute atomic E-state index is 0.111. The van der Waals surface area contributed by atoms with Crippen LogP contribution in [0.25, 0.3) is 0 Å². The van der Waals surface area contributed by atoms with Gasteiger partial charge in [0.1, 0.15) is 6.04 Å². The molecule has 0 aromatic heterocycles. The summed E-state index contributed by atoms with van der Waals surface area (Å²) >= 11 is 1.63. The number of esters is 1. The molecule has 0 saturated carbocycles. The molecule has 0 aliphatic heterocycles. The van der Waals surface area contributed by atoms with Gasteiger partial charge in [0.05, 0.1) is 7.11 Å². The van der Waals surface area contributed by atoms with Crippen LogP contribution in [0, 0.1) is 0 Å².